The average molecular weight is 428 g/mol. The van der Waals surface area contributed by atoms with E-state index in [1.807, 2.05) is 19.2 Å². The number of benzene rings is 1. The summed E-state index contributed by atoms with van der Waals surface area (Å²) in [7, 11) is 0. The summed E-state index contributed by atoms with van der Waals surface area (Å²) in [6.07, 6.45) is 0.366. The molecule has 1 N–H and O–H groups in total. The van der Waals surface area contributed by atoms with E-state index in [4.69, 9.17) is 21.1 Å². The van der Waals surface area contributed by atoms with Crippen molar-refractivity contribution in [3.63, 3.8) is 0 Å². The number of ether oxygens (including phenoxy) is 2. The van der Waals surface area contributed by atoms with E-state index in [-0.39, 0.29) is 29.8 Å². The van der Waals surface area contributed by atoms with Crippen LogP contribution in [0.25, 0.3) is 0 Å². The predicted octanol–water partition coefficient (Wildman–Crippen LogP) is 4.14. The van der Waals surface area contributed by atoms with E-state index in [1.54, 1.807) is 4.90 Å². The lowest BCUT2D eigenvalue weighted by Crippen LogP contribution is -2.53. The number of hydrogen-bond donors (Lipinski definition) is 1. The standard InChI is InChI=1S/C19H23ClFN3O3S/c1-3-14-8-22-4-5-24(14)19(25)27-10-16-17(20)6-15(7-18(16)21)26-9-13-11-28-12(2)23-13/h6-7,11,14,22H,3-5,8-10H2,1-2H3. The maximum absolute atomic E-state index is 14.5. The molecule has 3 rings (SSSR count). The molecule has 9 heteroatoms. The van der Waals surface area contributed by atoms with Gasteiger partial charge < -0.3 is 19.7 Å². The number of rotatable bonds is 6. The van der Waals surface area contributed by atoms with Crippen molar-refractivity contribution in [3.8, 4) is 5.75 Å². The fourth-order valence-corrected chi connectivity index (χ4v) is 3.87. The van der Waals surface area contributed by atoms with Gasteiger partial charge in [0.2, 0.25) is 0 Å². The first kappa shape index (κ1) is 20.8. The lowest BCUT2D eigenvalue weighted by molar-refractivity contribution is 0.0707. The summed E-state index contributed by atoms with van der Waals surface area (Å²) in [4.78, 5) is 18.3. The number of thiazole rings is 1. The molecule has 152 valence electrons. The Hall–Kier alpha value is -1.90. The van der Waals surface area contributed by atoms with Crippen LogP contribution in [0, 0.1) is 12.7 Å². The largest absolute Gasteiger partial charge is 0.487 e. The van der Waals surface area contributed by atoms with Gasteiger partial charge in [-0.25, -0.2) is 14.2 Å². The quantitative estimate of drug-likeness (QED) is 0.750. The Morgan fingerprint density at radius 3 is 2.96 bits per heavy atom. The SMILES string of the molecule is CCC1CNCCN1C(=O)OCc1c(F)cc(OCc2csc(C)n2)cc1Cl. The summed E-state index contributed by atoms with van der Waals surface area (Å²) in [5.41, 5.74) is 0.911. The highest BCUT2D eigenvalue weighted by molar-refractivity contribution is 7.09. The maximum Gasteiger partial charge on any atom is 0.410 e. The molecule has 1 unspecified atom stereocenters. The molecule has 0 spiro atoms. The van der Waals surface area contributed by atoms with E-state index in [0.717, 1.165) is 23.7 Å². The third-order valence-corrected chi connectivity index (χ3v) is 5.72. The minimum Gasteiger partial charge on any atom is -0.487 e. The van der Waals surface area contributed by atoms with Gasteiger partial charge in [0.05, 0.1) is 15.7 Å². The third kappa shape index (κ3) is 5.12. The Labute approximate surface area is 172 Å². The normalized spacial score (nSPS) is 16.9. The summed E-state index contributed by atoms with van der Waals surface area (Å²) < 4.78 is 25.4. The molecule has 0 saturated carbocycles. The van der Waals surface area contributed by atoms with Crippen LogP contribution in [0.1, 0.15) is 29.6 Å². The van der Waals surface area contributed by atoms with Crippen LogP contribution in [0.15, 0.2) is 17.5 Å². The van der Waals surface area contributed by atoms with Crippen molar-refractivity contribution in [2.75, 3.05) is 19.6 Å². The molecule has 1 aliphatic heterocycles. The van der Waals surface area contributed by atoms with Gasteiger partial charge in [0.25, 0.3) is 0 Å². The van der Waals surface area contributed by atoms with E-state index < -0.39 is 11.9 Å². The first-order valence-electron chi connectivity index (χ1n) is 9.13. The van der Waals surface area contributed by atoms with E-state index in [0.29, 0.717) is 18.8 Å². The second-order valence-corrected chi connectivity index (χ2v) is 8.00. The Balaban J connectivity index is 1.60. The van der Waals surface area contributed by atoms with Crippen LogP contribution in [-0.2, 0) is 18.0 Å². The Morgan fingerprint density at radius 2 is 2.29 bits per heavy atom. The number of carbonyl (C=O) groups is 1. The number of aromatic nitrogens is 1. The number of halogens is 2. The predicted molar refractivity (Wildman–Crippen MR) is 106 cm³/mol. The Kier molecular flexibility index (Phi) is 7.09. The summed E-state index contributed by atoms with van der Waals surface area (Å²) in [6.45, 7) is 5.93. The second-order valence-electron chi connectivity index (χ2n) is 6.53. The molecule has 0 radical (unpaired) electrons. The number of carbonyl (C=O) groups excluding carboxylic acids is 1. The van der Waals surface area contributed by atoms with E-state index in [2.05, 4.69) is 10.3 Å². The number of piperazine rings is 1. The third-order valence-electron chi connectivity index (χ3n) is 4.56. The molecular weight excluding hydrogens is 405 g/mol. The first-order valence-corrected chi connectivity index (χ1v) is 10.4. The fourth-order valence-electron chi connectivity index (χ4n) is 3.02. The van der Waals surface area contributed by atoms with E-state index in [1.165, 1.54) is 23.5 Å². The molecular formula is C19H23ClFN3O3S. The highest BCUT2D eigenvalue weighted by atomic mass is 35.5. The van der Waals surface area contributed by atoms with Crippen molar-refractivity contribution in [2.24, 2.45) is 0 Å². The fraction of sp³-hybridized carbons (Fsp3) is 0.474. The highest BCUT2D eigenvalue weighted by Gasteiger charge is 2.26. The molecule has 6 nitrogen and oxygen atoms in total. The molecule has 1 amide bonds. The first-order chi connectivity index (χ1) is 13.5. The smallest absolute Gasteiger partial charge is 0.410 e. The Bertz CT molecular complexity index is 810. The number of aryl methyl sites for hydroxylation is 1. The molecule has 2 heterocycles. The lowest BCUT2D eigenvalue weighted by Gasteiger charge is -2.34. The topological polar surface area (TPSA) is 63.7 Å². The maximum atomic E-state index is 14.5. The van der Waals surface area contributed by atoms with Crippen molar-refractivity contribution in [3.05, 3.63) is 44.6 Å². The lowest BCUT2D eigenvalue weighted by atomic mass is 10.1. The Morgan fingerprint density at radius 1 is 1.46 bits per heavy atom. The van der Waals surface area contributed by atoms with Crippen LogP contribution in [0.4, 0.5) is 9.18 Å². The van der Waals surface area contributed by atoms with Gasteiger partial charge in [0.15, 0.2) is 0 Å². The molecule has 28 heavy (non-hydrogen) atoms. The van der Waals surface area contributed by atoms with Crippen LogP contribution in [-0.4, -0.2) is 41.7 Å². The van der Waals surface area contributed by atoms with Crippen molar-refractivity contribution >= 4 is 29.0 Å². The number of hydrogen-bond acceptors (Lipinski definition) is 6. The van der Waals surface area contributed by atoms with Gasteiger partial charge in [-0.2, -0.15) is 0 Å². The average Bonchev–Trinajstić information content (AvgIpc) is 3.10. The molecule has 1 atom stereocenters. The van der Waals surface area contributed by atoms with Gasteiger partial charge >= 0.3 is 6.09 Å². The molecule has 1 aromatic heterocycles. The summed E-state index contributed by atoms with van der Waals surface area (Å²) in [6, 6.07) is 2.84. The van der Waals surface area contributed by atoms with Gasteiger partial charge in [0.1, 0.15) is 24.8 Å². The van der Waals surface area contributed by atoms with Crippen molar-refractivity contribution < 1.29 is 18.7 Å². The van der Waals surface area contributed by atoms with Gasteiger partial charge in [-0.1, -0.05) is 18.5 Å². The zero-order valence-corrected chi connectivity index (χ0v) is 17.4. The highest BCUT2D eigenvalue weighted by Crippen LogP contribution is 2.27. The molecule has 2 aromatic rings. The number of amides is 1. The second kappa shape index (κ2) is 9.54. The summed E-state index contributed by atoms with van der Waals surface area (Å²) in [5, 5.41) is 6.23. The van der Waals surface area contributed by atoms with Crippen molar-refractivity contribution in [1.29, 1.82) is 0 Å². The molecule has 0 bridgehead atoms. The molecule has 1 aliphatic rings. The van der Waals surface area contributed by atoms with Gasteiger partial charge in [0, 0.05) is 42.7 Å². The minimum absolute atomic E-state index is 0.0756. The molecule has 1 aromatic carbocycles. The number of nitrogens with zero attached hydrogens (tertiary/aromatic N) is 2. The zero-order chi connectivity index (χ0) is 20.1. The summed E-state index contributed by atoms with van der Waals surface area (Å²) >= 11 is 7.72. The van der Waals surface area contributed by atoms with Crippen molar-refractivity contribution in [2.45, 2.75) is 39.5 Å². The van der Waals surface area contributed by atoms with Crippen LogP contribution >= 0.6 is 22.9 Å². The van der Waals surface area contributed by atoms with Gasteiger partial charge in [-0.3, -0.25) is 0 Å². The van der Waals surface area contributed by atoms with Gasteiger partial charge in [-0.05, 0) is 19.4 Å². The summed E-state index contributed by atoms with van der Waals surface area (Å²) in [5.74, 6) is -0.270. The van der Waals surface area contributed by atoms with E-state index >= 15 is 0 Å². The van der Waals surface area contributed by atoms with Crippen LogP contribution in [0.2, 0.25) is 5.02 Å². The zero-order valence-electron chi connectivity index (χ0n) is 15.8. The molecule has 1 fully saturated rings. The van der Waals surface area contributed by atoms with E-state index in [9.17, 15) is 9.18 Å². The number of nitrogens with one attached hydrogen (secondary N) is 1. The monoisotopic (exact) mass is 427 g/mol. The van der Waals surface area contributed by atoms with Crippen LogP contribution in [0.3, 0.4) is 0 Å². The molecule has 0 aliphatic carbocycles. The van der Waals surface area contributed by atoms with Gasteiger partial charge in [-0.15, -0.1) is 11.3 Å². The molecule has 1 saturated heterocycles. The minimum atomic E-state index is -0.572. The van der Waals surface area contributed by atoms with Crippen molar-refractivity contribution in [1.82, 2.24) is 15.2 Å². The van der Waals surface area contributed by atoms with Crippen LogP contribution in [0.5, 0.6) is 5.75 Å². The van der Waals surface area contributed by atoms with Crippen LogP contribution < -0.4 is 10.1 Å².